The van der Waals surface area contributed by atoms with Crippen molar-refractivity contribution in [2.75, 3.05) is 20.8 Å². The van der Waals surface area contributed by atoms with Gasteiger partial charge in [0.15, 0.2) is 0 Å². The predicted octanol–water partition coefficient (Wildman–Crippen LogP) is 1.92. The van der Waals surface area contributed by atoms with Crippen LogP contribution in [-0.4, -0.2) is 35.2 Å². The van der Waals surface area contributed by atoms with Crippen molar-refractivity contribution < 1.29 is 17.9 Å². The maximum Gasteiger partial charge on any atom is 0.244 e. The fourth-order valence-corrected chi connectivity index (χ4v) is 4.43. The molecule has 0 saturated heterocycles. The summed E-state index contributed by atoms with van der Waals surface area (Å²) in [5.74, 6) is 0.953. The van der Waals surface area contributed by atoms with Crippen molar-refractivity contribution in [2.24, 2.45) is 11.7 Å². The summed E-state index contributed by atoms with van der Waals surface area (Å²) >= 11 is 0. The average Bonchev–Trinajstić information content (AvgIpc) is 2.54. The summed E-state index contributed by atoms with van der Waals surface area (Å²) in [6, 6.07) is 4.61. The van der Waals surface area contributed by atoms with Gasteiger partial charge in [0.05, 0.1) is 14.2 Å². The first kappa shape index (κ1) is 20.0. The van der Waals surface area contributed by atoms with Crippen molar-refractivity contribution in [3.63, 3.8) is 0 Å². The second-order valence-corrected chi connectivity index (χ2v) is 7.21. The highest BCUT2D eigenvalue weighted by Crippen LogP contribution is 2.30. The molecule has 0 bridgehead atoms. The molecule has 6 nitrogen and oxygen atoms in total. The van der Waals surface area contributed by atoms with E-state index in [1.807, 2.05) is 0 Å². The second-order valence-electron chi connectivity index (χ2n) is 5.52. The van der Waals surface area contributed by atoms with E-state index >= 15 is 0 Å². The first-order valence-electron chi connectivity index (χ1n) is 7.46. The van der Waals surface area contributed by atoms with E-state index in [4.69, 9.17) is 15.2 Å². The highest BCUT2D eigenvalue weighted by atomic mass is 35.5. The van der Waals surface area contributed by atoms with Crippen molar-refractivity contribution in [3.05, 3.63) is 18.2 Å². The zero-order valence-corrected chi connectivity index (χ0v) is 15.1. The largest absolute Gasteiger partial charge is 0.497 e. The third-order valence-corrected chi connectivity index (χ3v) is 5.69. The smallest absolute Gasteiger partial charge is 0.244 e. The maximum atomic E-state index is 12.7. The molecular formula is C15H25ClN2O4S. The first-order chi connectivity index (χ1) is 10.5. The number of halogens is 1. The average molecular weight is 365 g/mol. The van der Waals surface area contributed by atoms with Crippen molar-refractivity contribution >= 4 is 22.4 Å². The molecule has 1 aliphatic rings. The van der Waals surface area contributed by atoms with E-state index in [1.165, 1.54) is 20.3 Å². The van der Waals surface area contributed by atoms with Crippen LogP contribution < -0.4 is 19.9 Å². The molecule has 0 aliphatic heterocycles. The topological polar surface area (TPSA) is 90.6 Å². The van der Waals surface area contributed by atoms with Crippen LogP contribution >= 0.6 is 12.4 Å². The van der Waals surface area contributed by atoms with Gasteiger partial charge in [0.2, 0.25) is 10.0 Å². The summed E-state index contributed by atoms with van der Waals surface area (Å²) in [4.78, 5) is 0.0932. The lowest BCUT2D eigenvalue weighted by Gasteiger charge is -2.31. The summed E-state index contributed by atoms with van der Waals surface area (Å²) < 4.78 is 38.5. The molecule has 0 amide bonds. The molecule has 3 N–H and O–H groups in total. The molecule has 2 unspecified atom stereocenters. The summed E-state index contributed by atoms with van der Waals surface area (Å²) in [5, 5.41) is 0. The Labute approximate surface area is 144 Å². The number of hydrogen-bond acceptors (Lipinski definition) is 5. The lowest BCUT2D eigenvalue weighted by Crippen LogP contribution is -2.44. The molecule has 1 aromatic carbocycles. The molecule has 132 valence electrons. The Kier molecular flexibility index (Phi) is 7.60. The lowest BCUT2D eigenvalue weighted by atomic mass is 9.85. The van der Waals surface area contributed by atoms with E-state index in [-0.39, 0.29) is 29.3 Å². The number of rotatable bonds is 6. The Hall–Kier alpha value is -1.02. The van der Waals surface area contributed by atoms with Gasteiger partial charge in [0.25, 0.3) is 0 Å². The molecule has 1 fully saturated rings. The van der Waals surface area contributed by atoms with Crippen molar-refractivity contribution in [2.45, 2.75) is 36.6 Å². The van der Waals surface area contributed by atoms with Crippen LogP contribution in [0.4, 0.5) is 0 Å². The van der Waals surface area contributed by atoms with E-state index < -0.39 is 10.0 Å². The van der Waals surface area contributed by atoms with Crippen molar-refractivity contribution in [1.82, 2.24) is 4.72 Å². The fourth-order valence-electron chi connectivity index (χ4n) is 2.90. The van der Waals surface area contributed by atoms with Gasteiger partial charge in [-0.1, -0.05) is 12.8 Å². The van der Waals surface area contributed by atoms with E-state index in [9.17, 15) is 8.42 Å². The molecule has 8 heteroatoms. The molecule has 2 atom stereocenters. The zero-order valence-electron chi connectivity index (χ0n) is 13.4. The molecule has 0 heterocycles. The molecule has 1 aliphatic carbocycles. The molecule has 23 heavy (non-hydrogen) atoms. The van der Waals surface area contributed by atoms with Crippen LogP contribution in [-0.2, 0) is 10.0 Å². The first-order valence-corrected chi connectivity index (χ1v) is 8.94. The highest BCUT2D eigenvalue weighted by Gasteiger charge is 2.30. The lowest BCUT2D eigenvalue weighted by molar-refractivity contribution is 0.295. The van der Waals surface area contributed by atoms with Crippen molar-refractivity contribution in [1.29, 1.82) is 0 Å². The van der Waals surface area contributed by atoms with Gasteiger partial charge in [0.1, 0.15) is 16.4 Å². The zero-order chi connectivity index (χ0) is 16.2. The van der Waals surface area contributed by atoms with Crippen LogP contribution in [0.25, 0.3) is 0 Å². The maximum absolute atomic E-state index is 12.7. The monoisotopic (exact) mass is 364 g/mol. The van der Waals surface area contributed by atoms with Gasteiger partial charge in [-0.2, -0.15) is 0 Å². The normalized spacial score (nSPS) is 21.3. The van der Waals surface area contributed by atoms with Crippen LogP contribution in [0.3, 0.4) is 0 Å². The number of methoxy groups -OCH3 is 2. The summed E-state index contributed by atoms with van der Waals surface area (Å²) in [6.07, 6.45) is 3.88. The van der Waals surface area contributed by atoms with Gasteiger partial charge in [0, 0.05) is 12.1 Å². The van der Waals surface area contributed by atoms with Crippen LogP contribution in [0, 0.1) is 5.92 Å². The minimum Gasteiger partial charge on any atom is -0.497 e. The van der Waals surface area contributed by atoms with E-state index in [1.54, 1.807) is 12.1 Å². The Balaban J connectivity index is 0.00000264. The Morgan fingerprint density at radius 2 is 1.91 bits per heavy atom. The quantitative estimate of drug-likeness (QED) is 0.804. The van der Waals surface area contributed by atoms with Crippen molar-refractivity contribution in [3.8, 4) is 11.5 Å². The van der Waals surface area contributed by atoms with Gasteiger partial charge in [-0.15, -0.1) is 12.4 Å². The number of hydrogen-bond donors (Lipinski definition) is 2. The summed E-state index contributed by atoms with van der Waals surface area (Å²) in [7, 11) is -0.743. The molecule has 1 saturated carbocycles. The van der Waals surface area contributed by atoms with Gasteiger partial charge in [-0.05, 0) is 37.4 Å². The van der Waals surface area contributed by atoms with E-state index in [2.05, 4.69) is 4.72 Å². The Morgan fingerprint density at radius 1 is 1.22 bits per heavy atom. The molecule has 0 radical (unpaired) electrons. The van der Waals surface area contributed by atoms with Gasteiger partial charge in [-0.3, -0.25) is 0 Å². The number of ether oxygens (including phenoxy) is 2. The summed E-state index contributed by atoms with van der Waals surface area (Å²) in [6.45, 7) is 0.489. The van der Waals surface area contributed by atoms with Gasteiger partial charge >= 0.3 is 0 Å². The number of nitrogens with two attached hydrogens (primary N) is 1. The van der Waals surface area contributed by atoms with Crippen LogP contribution in [0.1, 0.15) is 25.7 Å². The Bertz CT molecular complexity index is 609. The third kappa shape index (κ3) is 4.73. The summed E-state index contributed by atoms with van der Waals surface area (Å²) in [5.41, 5.74) is 5.77. The minimum absolute atomic E-state index is 0. The molecule has 2 rings (SSSR count). The van der Waals surface area contributed by atoms with E-state index in [0.29, 0.717) is 18.0 Å². The second kappa shape index (κ2) is 8.73. The van der Waals surface area contributed by atoms with Gasteiger partial charge in [-0.25, -0.2) is 13.1 Å². The third-order valence-electron chi connectivity index (χ3n) is 4.18. The molecule has 1 aromatic rings. The van der Waals surface area contributed by atoms with Crippen LogP contribution in [0.15, 0.2) is 23.1 Å². The number of nitrogens with one attached hydrogen (secondary N) is 1. The molecular weight excluding hydrogens is 340 g/mol. The van der Waals surface area contributed by atoms with E-state index in [0.717, 1.165) is 25.7 Å². The molecule has 0 aromatic heterocycles. The Morgan fingerprint density at radius 3 is 2.52 bits per heavy atom. The fraction of sp³-hybridized carbons (Fsp3) is 0.600. The predicted molar refractivity (Wildman–Crippen MR) is 91.9 cm³/mol. The standard InChI is InChI=1S/C15H24N2O4S.ClH/c1-20-12-7-8-14(21-2)15(9-12)22(18,19)17-13-6-4-3-5-11(13)10-16;/h7-9,11,13,17H,3-6,10,16H2,1-2H3;1H. The van der Waals surface area contributed by atoms with Gasteiger partial charge < -0.3 is 15.2 Å². The number of benzene rings is 1. The van der Waals surface area contributed by atoms with Crippen LogP contribution in [0.2, 0.25) is 0 Å². The minimum atomic E-state index is -3.69. The van der Waals surface area contributed by atoms with Crippen LogP contribution in [0.5, 0.6) is 11.5 Å². The SMILES string of the molecule is COc1ccc(OC)c(S(=O)(=O)NC2CCCCC2CN)c1.Cl. The highest BCUT2D eigenvalue weighted by molar-refractivity contribution is 7.89. The number of sulfonamides is 1. The molecule has 0 spiro atoms.